The molecular formula is C23H22F2OS. The van der Waals surface area contributed by atoms with Crippen LogP contribution in [-0.2, 0) is 6.42 Å². The fourth-order valence-electron chi connectivity index (χ4n) is 3.60. The molecule has 0 spiro atoms. The zero-order valence-electron chi connectivity index (χ0n) is 15.3. The van der Waals surface area contributed by atoms with Gasteiger partial charge in [0.1, 0.15) is 17.4 Å². The van der Waals surface area contributed by atoms with Crippen molar-refractivity contribution >= 4 is 11.3 Å². The van der Waals surface area contributed by atoms with Crippen LogP contribution in [0.1, 0.15) is 37.5 Å². The molecule has 1 aromatic heterocycles. The fraction of sp³-hybridized carbons (Fsp3) is 0.304. The third-order valence-corrected chi connectivity index (χ3v) is 6.34. The second-order valence-corrected chi connectivity index (χ2v) is 8.15. The molecule has 1 fully saturated rings. The lowest BCUT2D eigenvalue weighted by Gasteiger charge is -2.13. The van der Waals surface area contributed by atoms with Crippen LogP contribution in [0.5, 0.6) is 5.75 Å². The average Bonchev–Trinajstić information content (AvgIpc) is 3.34. The van der Waals surface area contributed by atoms with Crippen LogP contribution in [0, 0.1) is 11.6 Å². The highest BCUT2D eigenvalue weighted by atomic mass is 32.1. The predicted molar refractivity (Wildman–Crippen MR) is 107 cm³/mol. The summed E-state index contributed by atoms with van der Waals surface area (Å²) in [6.07, 6.45) is 5.80. The van der Waals surface area contributed by atoms with Crippen LogP contribution in [-0.4, -0.2) is 6.10 Å². The van der Waals surface area contributed by atoms with E-state index in [9.17, 15) is 8.78 Å². The van der Waals surface area contributed by atoms with Crippen molar-refractivity contribution in [1.29, 1.82) is 0 Å². The van der Waals surface area contributed by atoms with Gasteiger partial charge in [-0.1, -0.05) is 19.1 Å². The largest absolute Gasteiger partial charge is 0.490 e. The van der Waals surface area contributed by atoms with Crippen LogP contribution in [0.25, 0.3) is 21.6 Å². The lowest BCUT2D eigenvalue weighted by atomic mass is 10.0. The summed E-state index contributed by atoms with van der Waals surface area (Å²) in [5.74, 6) is -0.240. The quantitative estimate of drug-likeness (QED) is 0.450. The third kappa shape index (κ3) is 3.91. The van der Waals surface area contributed by atoms with Gasteiger partial charge in [0.15, 0.2) is 0 Å². The van der Waals surface area contributed by atoms with Gasteiger partial charge in [-0.05, 0) is 79.6 Å². The molecule has 1 heterocycles. The molecule has 0 N–H and O–H groups in total. The number of ether oxygens (including phenoxy) is 1. The Hall–Kier alpha value is -2.20. The number of thiophene rings is 1. The van der Waals surface area contributed by atoms with Crippen molar-refractivity contribution in [1.82, 2.24) is 0 Å². The van der Waals surface area contributed by atoms with Gasteiger partial charge in [-0.15, -0.1) is 11.3 Å². The molecular weight excluding hydrogens is 362 g/mol. The Bertz CT molecular complexity index is 901. The zero-order valence-corrected chi connectivity index (χ0v) is 16.1. The Balaban J connectivity index is 1.58. The molecule has 1 aliphatic rings. The van der Waals surface area contributed by atoms with E-state index in [1.807, 2.05) is 37.3 Å². The second-order valence-electron chi connectivity index (χ2n) is 6.98. The smallest absolute Gasteiger partial charge is 0.135 e. The van der Waals surface area contributed by atoms with Gasteiger partial charge in [0, 0.05) is 9.75 Å². The number of hydrogen-bond acceptors (Lipinski definition) is 2. The first-order valence-electron chi connectivity index (χ1n) is 9.49. The maximum atomic E-state index is 14.7. The maximum absolute atomic E-state index is 14.7. The molecule has 0 bridgehead atoms. The maximum Gasteiger partial charge on any atom is 0.135 e. The zero-order chi connectivity index (χ0) is 18.8. The molecule has 140 valence electrons. The highest BCUT2D eigenvalue weighted by Crippen LogP contribution is 2.35. The molecule has 0 amide bonds. The van der Waals surface area contributed by atoms with Crippen molar-refractivity contribution in [2.75, 3.05) is 0 Å². The van der Waals surface area contributed by atoms with Gasteiger partial charge in [-0.2, -0.15) is 0 Å². The summed E-state index contributed by atoms with van der Waals surface area (Å²) in [6, 6.07) is 14.0. The van der Waals surface area contributed by atoms with E-state index in [1.165, 1.54) is 36.3 Å². The summed E-state index contributed by atoms with van der Waals surface area (Å²) in [5, 5.41) is 0. The normalized spacial score (nSPS) is 14.6. The molecule has 27 heavy (non-hydrogen) atoms. The SMILES string of the molecule is CCc1ccc(-c2c(F)cc(-c3ccc(OC4CCCC4)cc3)cc2F)s1. The third-order valence-electron chi connectivity index (χ3n) is 5.09. The van der Waals surface area contributed by atoms with Crippen LogP contribution >= 0.6 is 11.3 Å². The highest BCUT2D eigenvalue weighted by Gasteiger charge is 2.18. The van der Waals surface area contributed by atoms with Crippen LogP contribution in [0.4, 0.5) is 8.78 Å². The minimum absolute atomic E-state index is 0.0598. The van der Waals surface area contributed by atoms with Crippen LogP contribution in [0.3, 0.4) is 0 Å². The summed E-state index contributed by atoms with van der Waals surface area (Å²) >= 11 is 1.44. The minimum atomic E-state index is -0.527. The van der Waals surface area contributed by atoms with E-state index in [0.29, 0.717) is 16.5 Å². The van der Waals surface area contributed by atoms with Crippen molar-refractivity contribution in [3.05, 3.63) is 65.0 Å². The Labute approximate surface area is 162 Å². The Kier molecular flexibility index (Phi) is 5.26. The summed E-state index contributed by atoms with van der Waals surface area (Å²) in [6.45, 7) is 2.03. The van der Waals surface area contributed by atoms with Crippen LogP contribution < -0.4 is 4.74 Å². The van der Waals surface area contributed by atoms with Gasteiger partial charge >= 0.3 is 0 Å². The van der Waals surface area contributed by atoms with Crippen molar-refractivity contribution in [2.24, 2.45) is 0 Å². The van der Waals surface area contributed by atoms with E-state index in [-0.39, 0.29) is 5.56 Å². The van der Waals surface area contributed by atoms with E-state index in [0.717, 1.165) is 35.5 Å². The molecule has 0 aliphatic heterocycles. The van der Waals surface area contributed by atoms with Crippen molar-refractivity contribution < 1.29 is 13.5 Å². The summed E-state index contributed by atoms with van der Waals surface area (Å²) in [4.78, 5) is 1.75. The minimum Gasteiger partial charge on any atom is -0.490 e. The van der Waals surface area contributed by atoms with Crippen molar-refractivity contribution in [2.45, 2.75) is 45.1 Å². The Morgan fingerprint density at radius 1 is 0.926 bits per heavy atom. The molecule has 0 saturated heterocycles. The predicted octanol–water partition coefficient (Wildman–Crippen LogP) is 7.24. The van der Waals surface area contributed by atoms with Gasteiger partial charge in [0.05, 0.1) is 11.7 Å². The Morgan fingerprint density at radius 2 is 1.59 bits per heavy atom. The lowest BCUT2D eigenvalue weighted by Crippen LogP contribution is -2.10. The number of hydrogen-bond donors (Lipinski definition) is 0. The summed E-state index contributed by atoms with van der Waals surface area (Å²) < 4.78 is 35.3. The number of halogens is 2. The van der Waals surface area contributed by atoms with E-state index >= 15 is 0 Å². The molecule has 0 atom stereocenters. The molecule has 4 heteroatoms. The molecule has 1 nitrogen and oxygen atoms in total. The fourth-order valence-corrected chi connectivity index (χ4v) is 4.60. The average molecular weight is 384 g/mol. The molecule has 4 rings (SSSR count). The first-order valence-corrected chi connectivity index (χ1v) is 10.3. The highest BCUT2D eigenvalue weighted by molar-refractivity contribution is 7.15. The summed E-state index contributed by atoms with van der Waals surface area (Å²) in [7, 11) is 0. The van der Waals surface area contributed by atoms with E-state index in [2.05, 4.69) is 0 Å². The molecule has 3 aromatic rings. The molecule has 1 aliphatic carbocycles. The number of aryl methyl sites for hydroxylation is 1. The van der Waals surface area contributed by atoms with Crippen molar-refractivity contribution in [3.8, 4) is 27.3 Å². The van der Waals surface area contributed by atoms with Gasteiger partial charge in [0.2, 0.25) is 0 Å². The monoisotopic (exact) mass is 384 g/mol. The molecule has 0 radical (unpaired) electrons. The lowest BCUT2D eigenvalue weighted by molar-refractivity contribution is 0.210. The topological polar surface area (TPSA) is 9.23 Å². The van der Waals surface area contributed by atoms with E-state index in [1.54, 1.807) is 6.07 Å². The van der Waals surface area contributed by atoms with Gasteiger partial charge < -0.3 is 4.74 Å². The number of benzene rings is 2. The molecule has 1 saturated carbocycles. The Morgan fingerprint density at radius 3 is 2.19 bits per heavy atom. The van der Waals surface area contributed by atoms with Gasteiger partial charge in [-0.3, -0.25) is 0 Å². The van der Waals surface area contributed by atoms with Crippen LogP contribution in [0.2, 0.25) is 0 Å². The second kappa shape index (κ2) is 7.81. The standard InChI is InChI=1S/C23H22F2OS/c1-2-19-11-12-22(27-19)23-20(24)13-16(14-21(23)25)15-7-9-18(10-8-15)26-17-5-3-4-6-17/h7-14,17H,2-6H2,1H3. The first-order chi connectivity index (χ1) is 13.1. The first kappa shape index (κ1) is 18.2. The van der Waals surface area contributed by atoms with Crippen molar-refractivity contribution in [3.63, 3.8) is 0 Å². The van der Waals surface area contributed by atoms with Gasteiger partial charge in [-0.25, -0.2) is 8.78 Å². The van der Waals surface area contributed by atoms with Crippen LogP contribution in [0.15, 0.2) is 48.5 Å². The van der Waals surface area contributed by atoms with E-state index < -0.39 is 11.6 Å². The van der Waals surface area contributed by atoms with E-state index in [4.69, 9.17) is 4.74 Å². The van der Waals surface area contributed by atoms with Gasteiger partial charge in [0.25, 0.3) is 0 Å². The number of rotatable bonds is 5. The molecule has 2 aromatic carbocycles. The summed E-state index contributed by atoms with van der Waals surface area (Å²) in [5.41, 5.74) is 1.37. The molecule has 0 unspecified atom stereocenters.